The number of ether oxygens (including phenoxy) is 1. The summed E-state index contributed by atoms with van der Waals surface area (Å²) in [6.45, 7) is 12.0. The minimum Gasteiger partial charge on any atom is -0.375 e. The average Bonchev–Trinajstić information content (AvgIpc) is 2.52. The lowest BCUT2D eigenvalue weighted by Crippen LogP contribution is -2.54. The summed E-state index contributed by atoms with van der Waals surface area (Å²) < 4.78 is 5.89. The zero-order chi connectivity index (χ0) is 13.8. The van der Waals surface area contributed by atoms with E-state index in [4.69, 9.17) is 4.74 Å². The standard InChI is InChI=1S/C16H32N2O/c1-4-19-15(2,3)13-18-12-8-11-17-16(14-18)9-6-5-7-10-16/h17H,4-14H2,1-3H3. The molecular formula is C16H32N2O. The molecule has 2 fully saturated rings. The molecule has 1 aliphatic heterocycles. The quantitative estimate of drug-likeness (QED) is 0.848. The van der Waals surface area contributed by atoms with Gasteiger partial charge in [0.05, 0.1) is 5.60 Å². The third-order valence-electron chi connectivity index (χ3n) is 4.63. The Balaban J connectivity index is 1.96. The SMILES string of the molecule is CCOC(C)(C)CN1CCCNC2(CCCCC2)C1. The molecule has 0 aromatic carbocycles. The van der Waals surface area contributed by atoms with Gasteiger partial charge in [0.15, 0.2) is 0 Å². The Kier molecular flexibility index (Phi) is 5.27. The first-order valence-corrected chi connectivity index (χ1v) is 8.17. The van der Waals surface area contributed by atoms with Crippen molar-refractivity contribution in [3.63, 3.8) is 0 Å². The maximum atomic E-state index is 5.89. The lowest BCUT2D eigenvalue weighted by molar-refractivity contribution is -0.0376. The highest BCUT2D eigenvalue weighted by molar-refractivity contribution is 4.96. The van der Waals surface area contributed by atoms with Crippen molar-refractivity contribution in [2.24, 2.45) is 0 Å². The summed E-state index contributed by atoms with van der Waals surface area (Å²) in [5, 5.41) is 3.86. The molecule has 3 nitrogen and oxygen atoms in total. The van der Waals surface area contributed by atoms with E-state index in [1.54, 1.807) is 0 Å². The zero-order valence-electron chi connectivity index (χ0n) is 13.1. The first kappa shape index (κ1) is 15.3. The smallest absolute Gasteiger partial charge is 0.0752 e. The molecule has 0 unspecified atom stereocenters. The molecule has 1 N–H and O–H groups in total. The monoisotopic (exact) mass is 268 g/mol. The van der Waals surface area contributed by atoms with Gasteiger partial charge in [-0.3, -0.25) is 4.90 Å². The third kappa shape index (κ3) is 4.44. The van der Waals surface area contributed by atoms with Gasteiger partial charge in [0, 0.05) is 25.2 Å². The van der Waals surface area contributed by atoms with Gasteiger partial charge in [-0.15, -0.1) is 0 Å². The number of hydrogen-bond donors (Lipinski definition) is 1. The van der Waals surface area contributed by atoms with Gasteiger partial charge in [-0.25, -0.2) is 0 Å². The van der Waals surface area contributed by atoms with Crippen LogP contribution in [0.15, 0.2) is 0 Å². The molecule has 0 radical (unpaired) electrons. The lowest BCUT2D eigenvalue weighted by Gasteiger charge is -2.41. The molecule has 1 aliphatic carbocycles. The molecule has 1 saturated heterocycles. The number of nitrogens with zero attached hydrogens (tertiary/aromatic N) is 1. The molecule has 112 valence electrons. The molecule has 1 spiro atoms. The van der Waals surface area contributed by atoms with Crippen molar-refractivity contribution in [1.82, 2.24) is 10.2 Å². The van der Waals surface area contributed by atoms with Gasteiger partial charge in [-0.1, -0.05) is 19.3 Å². The van der Waals surface area contributed by atoms with E-state index in [1.807, 2.05) is 0 Å². The van der Waals surface area contributed by atoms with Gasteiger partial charge in [-0.05, 0) is 53.1 Å². The van der Waals surface area contributed by atoms with Crippen molar-refractivity contribution < 1.29 is 4.74 Å². The zero-order valence-corrected chi connectivity index (χ0v) is 13.1. The first-order valence-electron chi connectivity index (χ1n) is 8.17. The van der Waals surface area contributed by atoms with Gasteiger partial charge in [-0.2, -0.15) is 0 Å². The number of nitrogens with one attached hydrogen (secondary N) is 1. The van der Waals surface area contributed by atoms with Crippen molar-refractivity contribution in [3.8, 4) is 0 Å². The maximum Gasteiger partial charge on any atom is 0.0752 e. The van der Waals surface area contributed by atoms with E-state index in [9.17, 15) is 0 Å². The summed E-state index contributed by atoms with van der Waals surface area (Å²) in [7, 11) is 0. The van der Waals surface area contributed by atoms with Crippen LogP contribution in [-0.2, 0) is 4.74 Å². The summed E-state index contributed by atoms with van der Waals surface area (Å²) in [5.41, 5.74) is 0.381. The van der Waals surface area contributed by atoms with Crippen LogP contribution in [0.1, 0.15) is 59.3 Å². The molecule has 19 heavy (non-hydrogen) atoms. The van der Waals surface area contributed by atoms with Gasteiger partial charge in [0.2, 0.25) is 0 Å². The Labute approximate surface area is 119 Å². The summed E-state index contributed by atoms with van der Waals surface area (Å²) in [5.74, 6) is 0. The van der Waals surface area contributed by atoms with E-state index < -0.39 is 0 Å². The molecule has 2 aliphatic rings. The minimum atomic E-state index is -0.0189. The van der Waals surface area contributed by atoms with Crippen LogP contribution in [-0.4, -0.2) is 48.8 Å². The van der Waals surface area contributed by atoms with Crippen LogP contribution in [0.25, 0.3) is 0 Å². The van der Waals surface area contributed by atoms with E-state index in [0.29, 0.717) is 5.54 Å². The molecule has 0 bridgehead atoms. The first-order chi connectivity index (χ1) is 9.05. The van der Waals surface area contributed by atoms with Crippen LogP contribution < -0.4 is 5.32 Å². The summed E-state index contributed by atoms with van der Waals surface area (Å²) in [4.78, 5) is 2.64. The van der Waals surface area contributed by atoms with Crippen molar-refractivity contribution >= 4 is 0 Å². The second kappa shape index (κ2) is 6.55. The average molecular weight is 268 g/mol. The molecule has 2 rings (SSSR count). The highest BCUT2D eigenvalue weighted by Gasteiger charge is 2.36. The second-order valence-corrected chi connectivity index (χ2v) is 7.02. The maximum absolute atomic E-state index is 5.89. The van der Waals surface area contributed by atoms with Gasteiger partial charge >= 0.3 is 0 Å². The highest BCUT2D eigenvalue weighted by atomic mass is 16.5. The van der Waals surface area contributed by atoms with Crippen LogP contribution in [0.4, 0.5) is 0 Å². The summed E-state index contributed by atoms with van der Waals surface area (Å²) in [6, 6.07) is 0. The Morgan fingerprint density at radius 1 is 1.16 bits per heavy atom. The Hall–Kier alpha value is -0.120. The van der Waals surface area contributed by atoms with E-state index in [1.165, 1.54) is 58.2 Å². The van der Waals surface area contributed by atoms with Crippen LogP contribution in [0.2, 0.25) is 0 Å². The molecule has 0 aromatic heterocycles. The molecule has 1 heterocycles. The largest absolute Gasteiger partial charge is 0.375 e. The number of hydrogen-bond acceptors (Lipinski definition) is 3. The second-order valence-electron chi connectivity index (χ2n) is 7.02. The fourth-order valence-electron chi connectivity index (χ4n) is 3.89. The Bertz CT molecular complexity index is 272. The van der Waals surface area contributed by atoms with E-state index in [-0.39, 0.29) is 5.60 Å². The molecule has 3 heteroatoms. The van der Waals surface area contributed by atoms with E-state index in [2.05, 4.69) is 31.0 Å². The lowest BCUT2D eigenvalue weighted by atomic mass is 9.81. The van der Waals surface area contributed by atoms with Crippen LogP contribution in [0, 0.1) is 0 Å². The minimum absolute atomic E-state index is 0.0189. The highest BCUT2D eigenvalue weighted by Crippen LogP contribution is 2.30. The summed E-state index contributed by atoms with van der Waals surface area (Å²) >= 11 is 0. The normalized spacial score (nSPS) is 25.4. The van der Waals surface area contributed by atoms with Crippen molar-refractivity contribution in [2.75, 3.05) is 32.8 Å². The third-order valence-corrected chi connectivity index (χ3v) is 4.63. The predicted molar refractivity (Wildman–Crippen MR) is 80.6 cm³/mol. The van der Waals surface area contributed by atoms with Crippen molar-refractivity contribution in [1.29, 1.82) is 0 Å². The van der Waals surface area contributed by atoms with Gasteiger partial charge < -0.3 is 10.1 Å². The fraction of sp³-hybridized carbons (Fsp3) is 1.00. The Morgan fingerprint density at radius 3 is 2.58 bits per heavy atom. The fourth-order valence-corrected chi connectivity index (χ4v) is 3.89. The predicted octanol–water partition coefficient (Wildman–Crippen LogP) is 2.80. The van der Waals surface area contributed by atoms with Crippen LogP contribution >= 0.6 is 0 Å². The van der Waals surface area contributed by atoms with Gasteiger partial charge in [0.25, 0.3) is 0 Å². The molecule has 0 atom stereocenters. The van der Waals surface area contributed by atoms with Crippen molar-refractivity contribution in [3.05, 3.63) is 0 Å². The topological polar surface area (TPSA) is 24.5 Å². The molecule has 0 aromatic rings. The summed E-state index contributed by atoms with van der Waals surface area (Å²) in [6.07, 6.45) is 8.21. The van der Waals surface area contributed by atoms with E-state index in [0.717, 1.165) is 13.2 Å². The molecule has 1 saturated carbocycles. The van der Waals surface area contributed by atoms with Crippen LogP contribution in [0.3, 0.4) is 0 Å². The van der Waals surface area contributed by atoms with Crippen LogP contribution in [0.5, 0.6) is 0 Å². The molecular weight excluding hydrogens is 236 g/mol. The van der Waals surface area contributed by atoms with Crippen molar-refractivity contribution in [2.45, 2.75) is 70.4 Å². The van der Waals surface area contributed by atoms with Gasteiger partial charge in [0.1, 0.15) is 0 Å². The molecule has 0 amide bonds. The van der Waals surface area contributed by atoms with E-state index >= 15 is 0 Å². The number of rotatable bonds is 4. The Morgan fingerprint density at radius 2 is 1.89 bits per heavy atom.